The summed E-state index contributed by atoms with van der Waals surface area (Å²) < 4.78 is 1.03. The van der Waals surface area contributed by atoms with Crippen LogP contribution in [0.5, 0.6) is 0 Å². The molecule has 0 fully saturated rings. The van der Waals surface area contributed by atoms with Gasteiger partial charge in [0.25, 0.3) is 0 Å². The maximum Gasteiger partial charge on any atom is 0.106 e. The highest BCUT2D eigenvalue weighted by atomic mass is 79.9. The minimum Gasteiger partial charge on any atom is -0.389 e. The van der Waals surface area contributed by atoms with Crippen LogP contribution in [0.15, 0.2) is 22.7 Å². The summed E-state index contributed by atoms with van der Waals surface area (Å²) in [6, 6.07) is 6.37. The summed E-state index contributed by atoms with van der Waals surface area (Å²) in [5.41, 5.74) is 7.68. The standard InChI is InChI=1S/C15H23BrN2S/c1-10(2)5-4-6-11(3)18-14-9-12(16)7-8-13(14)15(17)19/h7-11,18H,4-6H2,1-3H3,(H2,17,19). The Bertz CT molecular complexity index is 432. The van der Waals surface area contributed by atoms with Crippen LogP contribution in [0, 0.1) is 5.92 Å². The van der Waals surface area contributed by atoms with Gasteiger partial charge in [-0.05, 0) is 37.5 Å². The van der Waals surface area contributed by atoms with Crippen molar-refractivity contribution in [2.45, 2.75) is 46.1 Å². The zero-order chi connectivity index (χ0) is 14.4. The first-order valence-electron chi connectivity index (χ1n) is 6.76. The van der Waals surface area contributed by atoms with Gasteiger partial charge in [-0.3, -0.25) is 0 Å². The SMILES string of the molecule is CC(C)CCCC(C)Nc1cc(Br)ccc1C(N)=S. The van der Waals surface area contributed by atoms with E-state index < -0.39 is 0 Å². The Morgan fingerprint density at radius 1 is 1.32 bits per heavy atom. The molecule has 0 radical (unpaired) electrons. The number of nitrogens with two attached hydrogens (primary N) is 1. The summed E-state index contributed by atoms with van der Waals surface area (Å²) in [5.74, 6) is 0.769. The third kappa shape index (κ3) is 5.91. The van der Waals surface area contributed by atoms with Crippen LogP contribution >= 0.6 is 28.1 Å². The predicted molar refractivity (Wildman–Crippen MR) is 91.8 cm³/mol. The van der Waals surface area contributed by atoms with Crippen LogP contribution in [0.25, 0.3) is 0 Å². The van der Waals surface area contributed by atoms with Crippen LogP contribution in [-0.2, 0) is 0 Å². The van der Waals surface area contributed by atoms with E-state index in [-0.39, 0.29) is 0 Å². The van der Waals surface area contributed by atoms with E-state index in [2.05, 4.69) is 42.0 Å². The summed E-state index contributed by atoms with van der Waals surface area (Å²) in [6.45, 7) is 6.72. The van der Waals surface area contributed by atoms with Gasteiger partial charge in [0.1, 0.15) is 4.99 Å². The topological polar surface area (TPSA) is 38.0 Å². The summed E-state index contributed by atoms with van der Waals surface area (Å²) in [6.07, 6.45) is 3.66. The molecule has 1 aromatic rings. The summed E-state index contributed by atoms with van der Waals surface area (Å²) in [5, 5.41) is 3.51. The van der Waals surface area contributed by atoms with Gasteiger partial charge in [0.05, 0.1) is 0 Å². The van der Waals surface area contributed by atoms with E-state index in [0.29, 0.717) is 11.0 Å². The van der Waals surface area contributed by atoms with Crippen LogP contribution in [-0.4, -0.2) is 11.0 Å². The van der Waals surface area contributed by atoms with Crippen LogP contribution < -0.4 is 11.1 Å². The van der Waals surface area contributed by atoms with E-state index in [1.54, 1.807) is 0 Å². The molecule has 1 aromatic carbocycles. The minimum atomic E-state index is 0.418. The maximum absolute atomic E-state index is 5.76. The number of hydrogen-bond acceptors (Lipinski definition) is 2. The lowest BCUT2D eigenvalue weighted by molar-refractivity contribution is 0.520. The first-order valence-corrected chi connectivity index (χ1v) is 7.96. The monoisotopic (exact) mass is 342 g/mol. The Kier molecular flexibility index (Phi) is 6.80. The second-order valence-electron chi connectivity index (χ2n) is 5.42. The fraction of sp³-hybridized carbons (Fsp3) is 0.533. The molecule has 0 saturated carbocycles. The zero-order valence-corrected chi connectivity index (χ0v) is 14.3. The second-order valence-corrected chi connectivity index (χ2v) is 6.78. The van der Waals surface area contributed by atoms with Crippen molar-refractivity contribution in [3.05, 3.63) is 28.2 Å². The number of anilines is 1. The summed E-state index contributed by atoms with van der Waals surface area (Å²) in [7, 11) is 0. The number of nitrogens with one attached hydrogen (secondary N) is 1. The number of halogens is 1. The van der Waals surface area contributed by atoms with Gasteiger partial charge in [-0.15, -0.1) is 0 Å². The predicted octanol–water partition coefficient (Wildman–Crippen LogP) is 4.71. The molecule has 0 spiro atoms. The van der Waals surface area contributed by atoms with Crippen molar-refractivity contribution in [2.24, 2.45) is 11.7 Å². The second kappa shape index (κ2) is 7.85. The van der Waals surface area contributed by atoms with Crippen LogP contribution in [0.1, 0.15) is 45.6 Å². The Hall–Kier alpha value is -0.610. The van der Waals surface area contributed by atoms with E-state index in [1.807, 2.05) is 18.2 Å². The highest BCUT2D eigenvalue weighted by molar-refractivity contribution is 9.10. The Labute approximate surface area is 130 Å². The lowest BCUT2D eigenvalue weighted by Crippen LogP contribution is -2.19. The van der Waals surface area contributed by atoms with Crippen molar-refractivity contribution in [2.75, 3.05) is 5.32 Å². The molecular weight excluding hydrogens is 320 g/mol. The molecule has 0 aromatic heterocycles. The molecule has 0 aliphatic heterocycles. The molecule has 19 heavy (non-hydrogen) atoms. The average molecular weight is 343 g/mol. The van der Waals surface area contributed by atoms with Gasteiger partial charge in [-0.25, -0.2) is 0 Å². The molecule has 0 aliphatic rings. The van der Waals surface area contributed by atoms with Crippen LogP contribution in [0.4, 0.5) is 5.69 Å². The number of hydrogen-bond donors (Lipinski definition) is 2. The largest absolute Gasteiger partial charge is 0.389 e. The highest BCUT2D eigenvalue weighted by Crippen LogP contribution is 2.23. The number of rotatable bonds is 7. The van der Waals surface area contributed by atoms with E-state index in [9.17, 15) is 0 Å². The normalized spacial score (nSPS) is 12.5. The molecule has 1 rings (SSSR count). The minimum absolute atomic E-state index is 0.418. The lowest BCUT2D eigenvalue weighted by Gasteiger charge is -2.18. The molecule has 2 nitrogen and oxygen atoms in total. The van der Waals surface area contributed by atoms with Crippen molar-refractivity contribution < 1.29 is 0 Å². The van der Waals surface area contributed by atoms with Crippen LogP contribution in [0.3, 0.4) is 0 Å². The Balaban J connectivity index is 2.65. The van der Waals surface area contributed by atoms with Gasteiger partial charge in [-0.2, -0.15) is 0 Å². The molecule has 0 aliphatic carbocycles. The first kappa shape index (κ1) is 16.4. The van der Waals surface area contributed by atoms with Gasteiger partial charge in [0.15, 0.2) is 0 Å². The van der Waals surface area contributed by atoms with Gasteiger partial charge < -0.3 is 11.1 Å². The Morgan fingerprint density at radius 2 is 2.00 bits per heavy atom. The third-order valence-electron chi connectivity index (χ3n) is 3.07. The molecule has 1 unspecified atom stereocenters. The maximum atomic E-state index is 5.76. The number of benzene rings is 1. The van der Waals surface area contributed by atoms with Crippen molar-refractivity contribution in [3.8, 4) is 0 Å². The average Bonchev–Trinajstić information content (AvgIpc) is 2.27. The van der Waals surface area contributed by atoms with E-state index in [0.717, 1.165) is 28.1 Å². The molecular formula is C15H23BrN2S. The van der Waals surface area contributed by atoms with Crippen molar-refractivity contribution in [3.63, 3.8) is 0 Å². The fourth-order valence-electron chi connectivity index (χ4n) is 2.02. The molecule has 4 heteroatoms. The summed E-state index contributed by atoms with van der Waals surface area (Å²) in [4.78, 5) is 0.435. The van der Waals surface area contributed by atoms with Gasteiger partial charge in [-0.1, -0.05) is 54.8 Å². The number of thiocarbonyl (C=S) groups is 1. The highest BCUT2D eigenvalue weighted by Gasteiger charge is 2.09. The molecule has 3 N–H and O–H groups in total. The van der Waals surface area contributed by atoms with Crippen LogP contribution in [0.2, 0.25) is 0 Å². The molecule has 1 atom stereocenters. The summed E-state index contributed by atoms with van der Waals surface area (Å²) >= 11 is 8.57. The van der Waals surface area contributed by atoms with E-state index in [1.165, 1.54) is 12.8 Å². The molecule has 0 heterocycles. The van der Waals surface area contributed by atoms with E-state index >= 15 is 0 Å². The van der Waals surface area contributed by atoms with Crippen molar-refractivity contribution >= 4 is 38.8 Å². The van der Waals surface area contributed by atoms with E-state index in [4.69, 9.17) is 18.0 Å². The first-order chi connectivity index (χ1) is 8.90. The quantitative estimate of drug-likeness (QED) is 0.704. The van der Waals surface area contributed by atoms with Gasteiger partial charge in [0.2, 0.25) is 0 Å². The smallest absolute Gasteiger partial charge is 0.106 e. The molecule has 0 saturated heterocycles. The van der Waals surface area contributed by atoms with Crippen molar-refractivity contribution in [1.82, 2.24) is 0 Å². The fourth-order valence-corrected chi connectivity index (χ4v) is 2.56. The zero-order valence-electron chi connectivity index (χ0n) is 11.9. The third-order valence-corrected chi connectivity index (χ3v) is 3.78. The van der Waals surface area contributed by atoms with Crippen molar-refractivity contribution in [1.29, 1.82) is 0 Å². The Morgan fingerprint density at radius 3 is 2.58 bits per heavy atom. The molecule has 0 amide bonds. The lowest BCUT2D eigenvalue weighted by atomic mass is 10.0. The van der Waals surface area contributed by atoms with Gasteiger partial charge >= 0.3 is 0 Å². The van der Waals surface area contributed by atoms with Gasteiger partial charge in [0, 0.05) is 21.8 Å². The molecule has 0 bridgehead atoms. The molecule has 106 valence electrons.